The van der Waals surface area contributed by atoms with Gasteiger partial charge in [-0.1, -0.05) is 0 Å². The summed E-state index contributed by atoms with van der Waals surface area (Å²) in [6.07, 6.45) is 1.35. The number of aromatic nitrogens is 3. The van der Waals surface area contributed by atoms with E-state index in [1.165, 1.54) is 28.0 Å². The van der Waals surface area contributed by atoms with Gasteiger partial charge in [-0.05, 0) is 18.2 Å². The van der Waals surface area contributed by atoms with Crippen LogP contribution in [0.5, 0.6) is 0 Å². The number of ketones is 1. The Morgan fingerprint density at radius 2 is 2.11 bits per heavy atom. The topological polar surface area (TPSA) is 68.1 Å². The largest absolute Gasteiger partial charge is 0.299 e. The number of aryl methyl sites for hydroxylation is 1. The molecule has 6 nitrogen and oxygen atoms in total. The summed E-state index contributed by atoms with van der Waals surface area (Å²) < 4.78 is 14.8. The van der Waals surface area contributed by atoms with E-state index in [0.717, 1.165) is 6.07 Å². The summed E-state index contributed by atoms with van der Waals surface area (Å²) in [5, 5.41) is 3.88. The van der Waals surface area contributed by atoms with E-state index in [1.807, 2.05) is 0 Å². The van der Waals surface area contributed by atoms with Crippen molar-refractivity contribution in [3.8, 4) is 0 Å². The Labute approximate surface area is 107 Å². The Hall–Kier alpha value is -2.57. The standard InChI is InChI=1S/C12H9FN4O2/c1-16-10(14-6-15-16)5-17-9-4-7(13)2-3-8(9)11(18)12(17)19/h2-4,6H,5H2,1H3. The molecule has 19 heavy (non-hydrogen) atoms. The molecule has 3 rings (SSSR count). The number of Topliss-reactive ketones (excluding diaryl/α,β-unsaturated/α-hetero) is 1. The second-order valence-electron chi connectivity index (χ2n) is 4.18. The van der Waals surface area contributed by atoms with E-state index in [1.54, 1.807) is 7.05 Å². The van der Waals surface area contributed by atoms with E-state index >= 15 is 0 Å². The fourth-order valence-electron chi connectivity index (χ4n) is 2.03. The first-order valence-corrected chi connectivity index (χ1v) is 5.56. The maximum absolute atomic E-state index is 13.3. The fourth-order valence-corrected chi connectivity index (χ4v) is 2.03. The summed E-state index contributed by atoms with van der Waals surface area (Å²) >= 11 is 0. The Morgan fingerprint density at radius 3 is 2.79 bits per heavy atom. The quantitative estimate of drug-likeness (QED) is 0.745. The number of halogens is 1. The van der Waals surface area contributed by atoms with E-state index in [-0.39, 0.29) is 17.8 Å². The zero-order valence-electron chi connectivity index (χ0n) is 10.00. The summed E-state index contributed by atoms with van der Waals surface area (Å²) in [6, 6.07) is 3.66. The van der Waals surface area contributed by atoms with Crippen LogP contribution in [0, 0.1) is 5.82 Å². The van der Waals surface area contributed by atoms with Gasteiger partial charge in [0.15, 0.2) is 0 Å². The molecule has 1 aliphatic heterocycles. The summed E-state index contributed by atoms with van der Waals surface area (Å²) in [5.41, 5.74) is 0.492. The van der Waals surface area contributed by atoms with Crippen molar-refractivity contribution in [3.05, 3.63) is 41.7 Å². The van der Waals surface area contributed by atoms with E-state index in [4.69, 9.17) is 0 Å². The predicted molar refractivity (Wildman–Crippen MR) is 62.9 cm³/mol. The number of nitrogens with zero attached hydrogens (tertiary/aromatic N) is 4. The molecule has 1 aliphatic rings. The zero-order chi connectivity index (χ0) is 13.6. The van der Waals surface area contributed by atoms with Gasteiger partial charge in [0.25, 0.3) is 11.7 Å². The molecule has 0 bridgehead atoms. The molecule has 0 atom stereocenters. The summed E-state index contributed by atoms with van der Waals surface area (Å²) in [4.78, 5) is 28.9. The van der Waals surface area contributed by atoms with Gasteiger partial charge in [-0.25, -0.2) is 9.37 Å². The smallest absolute Gasteiger partial charge is 0.297 e. The third kappa shape index (κ3) is 1.70. The van der Waals surface area contributed by atoms with Crippen LogP contribution >= 0.6 is 0 Å². The zero-order valence-corrected chi connectivity index (χ0v) is 10.00. The second-order valence-corrected chi connectivity index (χ2v) is 4.18. The number of anilines is 1. The lowest BCUT2D eigenvalue weighted by Crippen LogP contribution is -2.30. The second kappa shape index (κ2) is 3.98. The van der Waals surface area contributed by atoms with E-state index in [2.05, 4.69) is 10.1 Å². The van der Waals surface area contributed by atoms with Crippen LogP contribution in [0.25, 0.3) is 0 Å². The lowest BCUT2D eigenvalue weighted by atomic mass is 10.1. The average molecular weight is 260 g/mol. The Morgan fingerprint density at radius 1 is 1.32 bits per heavy atom. The van der Waals surface area contributed by atoms with Crippen molar-refractivity contribution in [2.24, 2.45) is 7.05 Å². The van der Waals surface area contributed by atoms with Crippen LogP contribution in [0.4, 0.5) is 10.1 Å². The van der Waals surface area contributed by atoms with Gasteiger partial charge < -0.3 is 0 Å². The molecule has 0 spiro atoms. The Kier molecular flexibility index (Phi) is 2.41. The number of fused-ring (bicyclic) bond motifs is 1. The Bertz CT molecular complexity index is 695. The minimum absolute atomic E-state index is 0.0809. The van der Waals surface area contributed by atoms with Crippen LogP contribution in [0.15, 0.2) is 24.5 Å². The van der Waals surface area contributed by atoms with Crippen molar-refractivity contribution >= 4 is 17.4 Å². The maximum Gasteiger partial charge on any atom is 0.299 e. The number of hydrogen-bond acceptors (Lipinski definition) is 4. The van der Waals surface area contributed by atoms with Crippen molar-refractivity contribution in [1.82, 2.24) is 14.8 Å². The van der Waals surface area contributed by atoms with Gasteiger partial charge in [0.2, 0.25) is 0 Å². The minimum atomic E-state index is -0.677. The molecule has 0 unspecified atom stereocenters. The molecule has 1 aromatic carbocycles. The molecule has 0 saturated heterocycles. The minimum Gasteiger partial charge on any atom is -0.297 e. The molecule has 0 saturated carbocycles. The predicted octanol–water partition coefficient (Wildman–Crippen LogP) is 0.684. The van der Waals surface area contributed by atoms with Gasteiger partial charge in [0.05, 0.1) is 17.8 Å². The van der Waals surface area contributed by atoms with Gasteiger partial charge >= 0.3 is 0 Å². The molecule has 7 heteroatoms. The summed E-state index contributed by atoms with van der Waals surface area (Å²) in [7, 11) is 1.68. The number of benzene rings is 1. The lowest BCUT2D eigenvalue weighted by Gasteiger charge is -2.15. The van der Waals surface area contributed by atoms with Crippen LogP contribution in [-0.2, 0) is 18.4 Å². The van der Waals surface area contributed by atoms with Crippen LogP contribution in [-0.4, -0.2) is 26.5 Å². The fraction of sp³-hybridized carbons (Fsp3) is 0.167. The van der Waals surface area contributed by atoms with E-state index < -0.39 is 17.5 Å². The molecule has 0 fully saturated rings. The van der Waals surface area contributed by atoms with Crippen molar-refractivity contribution in [2.75, 3.05) is 4.90 Å². The molecule has 2 aromatic rings. The first kappa shape index (κ1) is 11.5. The normalized spacial score (nSPS) is 14.1. The number of rotatable bonds is 2. The number of carbonyl (C=O) groups is 2. The van der Waals surface area contributed by atoms with Gasteiger partial charge in [0.1, 0.15) is 18.0 Å². The third-order valence-electron chi connectivity index (χ3n) is 3.04. The molecule has 0 radical (unpaired) electrons. The molecule has 2 heterocycles. The van der Waals surface area contributed by atoms with Crippen LogP contribution < -0.4 is 4.90 Å². The van der Waals surface area contributed by atoms with Gasteiger partial charge in [-0.15, -0.1) is 0 Å². The molecule has 96 valence electrons. The third-order valence-corrected chi connectivity index (χ3v) is 3.04. The lowest BCUT2D eigenvalue weighted by molar-refractivity contribution is -0.114. The Balaban J connectivity index is 2.04. The van der Waals surface area contributed by atoms with Crippen LogP contribution in [0.1, 0.15) is 16.2 Å². The van der Waals surface area contributed by atoms with Crippen molar-refractivity contribution < 1.29 is 14.0 Å². The number of hydrogen-bond donors (Lipinski definition) is 0. The molecular weight excluding hydrogens is 251 g/mol. The van der Waals surface area contributed by atoms with E-state index in [9.17, 15) is 14.0 Å². The van der Waals surface area contributed by atoms with Crippen molar-refractivity contribution in [1.29, 1.82) is 0 Å². The highest BCUT2D eigenvalue weighted by molar-refractivity contribution is 6.52. The monoisotopic (exact) mass is 260 g/mol. The maximum atomic E-state index is 13.3. The highest BCUT2D eigenvalue weighted by atomic mass is 19.1. The first-order valence-electron chi connectivity index (χ1n) is 5.56. The van der Waals surface area contributed by atoms with Gasteiger partial charge in [0, 0.05) is 7.05 Å². The van der Waals surface area contributed by atoms with Crippen LogP contribution in [0.3, 0.4) is 0 Å². The molecule has 0 aliphatic carbocycles. The SMILES string of the molecule is Cn1ncnc1CN1C(=O)C(=O)c2ccc(F)cc21. The summed E-state index contributed by atoms with van der Waals surface area (Å²) in [6.45, 7) is 0.0809. The highest BCUT2D eigenvalue weighted by Gasteiger charge is 2.36. The number of amides is 1. The van der Waals surface area contributed by atoms with Crippen molar-refractivity contribution in [2.45, 2.75) is 6.54 Å². The highest BCUT2D eigenvalue weighted by Crippen LogP contribution is 2.30. The van der Waals surface area contributed by atoms with Gasteiger partial charge in [-0.3, -0.25) is 19.2 Å². The van der Waals surface area contributed by atoms with Crippen molar-refractivity contribution in [3.63, 3.8) is 0 Å². The first-order chi connectivity index (χ1) is 9.08. The number of carbonyl (C=O) groups excluding carboxylic acids is 2. The van der Waals surface area contributed by atoms with E-state index in [0.29, 0.717) is 5.82 Å². The van der Waals surface area contributed by atoms with Gasteiger partial charge in [-0.2, -0.15) is 5.10 Å². The van der Waals surface area contributed by atoms with Crippen LogP contribution in [0.2, 0.25) is 0 Å². The summed E-state index contributed by atoms with van der Waals surface area (Å²) in [5.74, 6) is -1.29. The molecule has 1 aromatic heterocycles. The average Bonchev–Trinajstić information content (AvgIpc) is 2.88. The molecular formula is C12H9FN4O2. The molecule has 1 amide bonds. The molecule has 0 N–H and O–H groups in total.